The van der Waals surface area contributed by atoms with Crippen molar-refractivity contribution >= 4 is 39.1 Å². The van der Waals surface area contributed by atoms with Crippen molar-refractivity contribution in [3.05, 3.63) is 58.6 Å². The summed E-state index contributed by atoms with van der Waals surface area (Å²) in [6.07, 6.45) is -4.72. The molecule has 40 heavy (non-hydrogen) atoms. The molecule has 214 valence electrons. The maximum atomic E-state index is 14.5. The second-order valence-electron chi connectivity index (χ2n) is 10.9. The minimum atomic E-state index is -4.72. The van der Waals surface area contributed by atoms with Gasteiger partial charge in [0.05, 0.1) is 34.7 Å². The Morgan fingerprint density at radius 3 is 2.55 bits per heavy atom. The van der Waals surface area contributed by atoms with E-state index in [2.05, 4.69) is 4.98 Å². The fourth-order valence-electron chi connectivity index (χ4n) is 5.53. The zero-order chi connectivity index (χ0) is 29.0. The zero-order valence-corrected chi connectivity index (χ0v) is 22.4. The number of ether oxygens (including phenoxy) is 1. The molecule has 0 saturated carbocycles. The summed E-state index contributed by atoms with van der Waals surface area (Å²) in [5.41, 5.74) is -0.949. The van der Waals surface area contributed by atoms with Gasteiger partial charge in [-0.1, -0.05) is 18.2 Å². The fourth-order valence-corrected chi connectivity index (χ4v) is 6.35. The van der Waals surface area contributed by atoms with E-state index in [1.807, 2.05) is 4.90 Å². The third-order valence-corrected chi connectivity index (χ3v) is 8.85. The molecule has 1 N–H and O–H groups in total. The van der Waals surface area contributed by atoms with E-state index in [0.717, 1.165) is 31.3 Å². The van der Waals surface area contributed by atoms with Crippen molar-refractivity contribution in [1.29, 1.82) is 0 Å². The molecule has 0 radical (unpaired) electrons. The number of halogens is 5. The first-order chi connectivity index (χ1) is 18.7. The van der Waals surface area contributed by atoms with E-state index in [1.54, 1.807) is 18.2 Å². The van der Waals surface area contributed by atoms with Crippen molar-refractivity contribution < 1.29 is 41.4 Å². The Kier molecular flexibility index (Phi) is 7.02. The first-order valence-electron chi connectivity index (χ1n) is 12.5. The molecule has 0 bridgehead atoms. The number of aromatic nitrogens is 1. The number of carbonyl (C=O) groups is 2. The van der Waals surface area contributed by atoms with Gasteiger partial charge < -0.3 is 19.6 Å². The lowest BCUT2D eigenvalue weighted by atomic mass is 9.70. The average Bonchev–Trinajstić information content (AvgIpc) is 3.50. The lowest BCUT2D eigenvalue weighted by molar-refractivity contribution is -0.223. The van der Waals surface area contributed by atoms with Crippen LogP contribution in [0.4, 0.5) is 27.6 Å². The molecule has 3 aromatic rings. The molecule has 0 unspecified atom stereocenters. The van der Waals surface area contributed by atoms with Gasteiger partial charge in [0, 0.05) is 43.6 Å². The summed E-state index contributed by atoms with van der Waals surface area (Å²) in [4.78, 5) is 31.3. The Labute approximate surface area is 230 Å². The number of aromatic carboxylic acids is 1. The molecule has 2 saturated heterocycles. The second kappa shape index (κ2) is 9.95. The largest absolute Gasteiger partial charge is 0.478 e. The maximum absolute atomic E-state index is 14.5. The van der Waals surface area contributed by atoms with Gasteiger partial charge in [-0.15, -0.1) is 11.3 Å². The quantitative estimate of drug-likeness (QED) is 0.378. The third-order valence-electron chi connectivity index (χ3n) is 8.00. The number of rotatable bonds is 7. The number of thiazole rings is 1. The molecule has 1 aromatic heterocycles. The molecule has 1 atom stereocenters. The smallest absolute Gasteiger partial charge is 0.402 e. The molecule has 2 fully saturated rings. The normalized spacial score (nSPS) is 18.9. The number of anilines is 1. The number of benzene rings is 2. The van der Waals surface area contributed by atoms with Gasteiger partial charge in [-0.2, -0.15) is 13.2 Å². The number of likely N-dealkylation sites (tertiary alicyclic amines) is 1. The van der Waals surface area contributed by atoms with Crippen LogP contribution in [0, 0.1) is 28.4 Å². The Hall–Kier alpha value is -3.32. The standard InChI is InChI=1S/C27H26F5N3O4S/c1-25(2,27(30,31)32)24(38)35-12-26(13-35)11-34(19-7-18(28)20(29)21-22(19)40-14-33-21)8-16(26)10-39-9-15-5-3-4-6-17(15)23(36)37/h3-7,14,16H,8-13H2,1-2H3,(H,36,37)/t16-/m0/s1. The molecule has 7 nitrogen and oxygen atoms in total. The van der Waals surface area contributed by atoms with E-state index >= 15 is 0 Å². The van der Waals surface area contributed by atoms with Crippen LogP contribution in [0.2, 0.25) is 0 Å². The molecular formula is C27H26F5N3O4S. The number of carboxylic acids is 1. The number of hydrogen-bond donors (Lipinski definition) is 1. The number of hydrogen-bond acceptors (Lipinski definition) is 6. The highest BCUT2D eigenvalue weighted by Crippen LogP contribution is 2.49. The molecule has 0 aliphatic carbocycles. The highest BCUT2D eigenvalue weighted by atomic mass is 32.1. The van der Waals surface area contributed by atoms with Gasteiger partial charge in [-0.25, -0.2) is 18.6 Å². The number of amides is 1. The fraction of sp³-hybridized carbons (Fsp3) is 0.444. The minimum absolute atomic E-state index is 0.0108. The molecule has 1 spiro atoms. The predicted octanol–water partition coefficient (Wildman–Crippen LogP) is 5.34. The van der Waals surface area contributed by atoms with Gasteiger partial charge in [-0.05, 0) is 25.5 Å². The number of carbonyl (C=O) groups excluding carboxylic acids is 1. The van der Waals surface area contributed by atoms with E-state index in [0.29, 0.717) is 22.5 Å². The highest BCUT2D eigenvalue weighted by Gasteiger charge is 2.61. The molecule has 3 heterocycles. The zero-order valence-electron chi connectivity index (χ0n) is 21.6. The van der Waals surface area contributed by atoms with Crippen LogP contribution in [0.3, 0.4) is 0 Å². The predicted molar refractivity (Wildman–Crippen MR) is 137 cm³/mol. The van der Waals surface area contributed by atoms with Crippen LogP contribution in [-0.4, -0.2) is 65.8 Å². The molecule has 13 heteroatoms. The topological polar surface area (TPSA) is 83.0 Å². The Balaban J connectivity index is 1.39. The minimum Gasteiger partial charge on any atom is -0.478 e. The van der Waals surface area contributed by atoms with Crippen molar-refractivity contribution in [1.82, 2.24) is 9.88 Å². The molecular weight excluding hydrogens is 557 g/mol. The molecule has 5 rings (SSSR count). The lowest BCUT2D eigenvalue weighted by Crippen LogP contribution is -2.66. The summed E-state index contributed by atoms with van der Waals surface area (Å²) in [5.74, 6) is -4.55. The van der Waals surface area contributed by atoms with Crippen LogP contribution in [0.15, 0.2) is 35.8 Å². The van der Waals surface area contributed by atoms with Crippen molar-refractivity contribution in [2.45, 2.75) is 26.6 Å². The van der Waals surface area contributed by atoms with Gasteiger partial charge in [0.25, 0.3) is 0 Å². The molecule has 1 amide bonds. The molecule has 2 aromatic carbocycles. The second-order valence-corrected chi connectivity index (χ2v) is 11.8. The first kappa shape index (κ1) is 28.2. The van der Waals surface area contributed by atoms with Crippen LogP contribution >= 0.6 is 11.3 Å². The van der Waals surface area contributed by atoms with E-state index < -0.39 is 40.5 Å². The van der Waals surface area contributed by atoms with Crippen LogP contribution in [0.5, 0.6) is 0 Å². The summed E-state index contributed by atoms with van der Waals surface area (Å²) in [5, 5.41) is 9.44. The Bertz CT molecular complexity index is 1470. The van der Waals surface area contributed by atoms with Crippen LogP contribution in [0.25, 0.3) is 10.2 Å². The summed E-state index contributed by atoms with van der Waals surface area (Å²) in [6, 6.07) is 7.46. The van der Waals surface area contributed by atoms with Crippen LogP contribution < -0.4 is 4.90 Å². The average molecular weight is 584 g/mol. The van der Waals surface area contributed by atoms with E-state index in [1.165, 1.54) is 16.5 Å². The van der Waals surface area contributed by atoms with Gasteiger partial charge in [0.2, 0.25) is 5.91 Å². The van der Waals surface area contributed by atoms with Crippen molar-refractivity contribution in [2.75, 3.05) is 37.7 Å². The van der Waals surface area contributed by atoms with E-state index in [-0.39, 0.29) is 49.8 Å². The highest BCUT2D eigenvalue weighted by molar-refractivity contribution is 7.17. The number of carboxylic acid groups (broad SMARTS) is 1. The van der Waals surface area contributed by atoms with Gasteiger partial charge >= 0.3 is 12.1 Å². The summed E-state index contributed by atoms with van der Waals surface area (Å²) in [6.45, 7) is 2.47. The summed E-state index contributed by atoms with van der Waals surface area (Å²) >= 11 is 1.15. The van der Waals surface area contributed by atoms with Gasteiger partial charge in [0.1, 0.15) is 10.9 Å². The molecule has 2 aliphatic heterocycles. The SMILES string of the molecule is CC(C)(C(=O)N1CC2(C1)CN(c1cc(F)c(F)c3ncsc13)C[C@H]2COCc1ccccc1C(=O)O)C(F)(F)F. The van der Waals surface area contributed by atoms with Crippen molar-refractivity contribution in [3.8, 4) is 0 Å². The number of fused-ring (bicyclic) bond motifs is 1. The van der Waals surface area contributed by atoms with E-state index in [9.17, 15) is 36.6 Å². The van der Waals surface area contributed by atoms with Crippen molar-refractivity contribution in [2.24, 2.45) is 16.7 Å². The molecule has 2 aliphatic rings. The van der Waals surface area contributed by atoms with Crippen LogP contribution in [-0.2, 0) is 16.1 Å². The summed E-state index contributed by atoms with van der Waals surface area (Å²) < 4.78 is 75.8. The van der Waals surface area contributed by atoms with E-state index in [4.69, 9.17) is 4.74 Å². The maximum Gasteiger partial charge on any atom is 0.402 e. The lowest BCUT2D eigenvalue weighted by Gasteiger charge is -2.52. The third kappa shape index (κ3) is 4.68. The number of alkyl halides is 3. The Morgan fingerprint density at radius 1 is 1.18 bits per heavy atom. The summed E-state index contributed by atoms with van der Waals surface area (Å²) in [7, 11) is 0. The Morgan fingerprint density at radius 2 is 1.88 bits per heavy atom. The first-order valence-corrected chi connectivity index (χ1v) is 13.3. The van der Waals surface area contributed by atoms with Gasteiger partial charge in [-0.3, -0.25) is 4.79 Å². The van der Waals surface area contributed by atoms with Crippen molar-refractivity contribution in [3.63, 3.8) is 0 Å². The monoisotopic (exact) mass is 583 g/mol. The number of nitrogens with zero attached hydrogens (tertiary/aromatic N) is 3. The van der Waals surface area contributed by atoms with Gasteiger partial charge in [0.15, 0.2) is 11.6 Å². The van der Waals surface area contributed by atoms with Crippen LogP contribution in [0.1, 0.15) is 29.8 Å².